The summed E-state index contributed by atoms with van der Waals surface area (Å²) in [5.41, 5.74) is 3.64. The van der Waals surface area contributed by atoms with Gasteiger partial charge in [0.05, 0.1) is 18.2 Å². The van der Waals surface area contributed by atoms with Gasteiger partial charge in [-0.05, 0) is 35.9 Å². The van der Waals surface area contributed by atoms with Crippen LogP contribution >= 0.6 is 0 Å². The van der Waals surface area contributed by atoms with Crippen LogP contribution in [-0.2, 0) is 11.2 Å². The highest BCUT2D eigenvalue weighted by Crippen LogP contribution is 2.17. The lowest BCUT2D eigenvalue weighted by Crippen LogP contribution is -2.03. The highest BCUT2D eigenvalue weighted by atomic mass is 16.5. The van der Waals surface area contributed by atoms with Gasteiger partial charge in [0, 0.05) is 35.5 Å². The smallest absolute Gasteiger partial charge is 0.337 e. The highest BCUT2D eigenvalue weighted by Gasteiger charge is 2.07. The lowest BCUT2D eigenvalue weighted by molar-refractivity contribution is 0.0600. The van der Waals surface area contributed by atoms with Gasteiger partial charge in [-0.15, -0.1) is 0 Å². The average Bonchev–Trinajstić information content (AvgIpc) is 2.60. The van der Waals surface area contributed by atoms with Crippen molar-refractivity contribution in [3.05, 3.63) is 71.2 Å². The zero-order chi connectivity index (χ0) is 16.2. The summed E-state index contributed by atoms with van der Waals surface area (Å²) in [5.74, 6) is -0.382. The number of hydrogen-bond acceptors (Lipinski definition) is 5. The second-order valence-corrected chi connectivity index (χ2v) is 5.12. The first kappa shape index (κ1) is 14.8. The first-order valence-corrected chi connectivity index (χ1v) is 7.07. The third kappa shape index (κ3) is 3.23. The monoisotopic (exact) mass is 306 g/mol. The zero-order valence-corrected chi connectivity index (χ0v) is 12.5. The normalized spacial score (nSPS) is 10.5. The maximum atomic E-state index is 11.6. The number of aldehydes is 1. The van der Waals surface area contributed by atoms with Crippen LogP contribution in [0, 0.1) is 0 Å². The van der Waals surface area contributed by atoms with Crippen molar-refractivity contribution in [2.24, 2.45) is 0 Å². The molecule has 0 unspecified atom stereocenters. The number of benzene rings is 1. The van der Waals surface area contributed by atoms with Gasteiger partial charge < -0.3 is 4.74 Å². The van der Waals surface area contributed by atoms with E-state index in [-0.39, 0.29) is 5.97 Å². The number of carbonyl (C=O) groups excluding carboxylic acids is 2. The van der Waals surface area contributed by atoms with Crippen LogP contribution in [0.25, 0.3) is 10.9 Å². The summed E-state index contributed by atoms with van der Waals surface area (Å²) in [6.45, 7) is 0. The summed E-state index contributed by atoms with van der Waals surface area (Å²) in [6.07, 6.45) is 4.50. The van der Waals surface area contributed by atoms with Gasteiger partial charge in [0.15, 0.2) is 6.29 Å². The van der Waals surface area contributed by atoms with E-state index >= 15 is 0 Å². The molecule has 0 aliphatic carbocycles. The van der Waals surface area contributed by atoms with E-state index in [1.165, 1.54) is 7.11 Å². The summed E-state index contributed by atoms with van der Waals surface area (Å²) in [6, 6.07) is 11.0. The molecule has 0 bridgehead atoms. The molecule has 0 aliphatic heterocycles. The Balaban J connectivity index is 1.92. The molecule has 0 atom stereocenters. The van der Waals surface area contributed by atoms with E-state index in [4.69, 9.17) is 4.74 Å². The Kier molecular flexibility index (Phi) is 4.10. The Morgan fingerprint density at radius 2 is 2.04 bits per heavy atom. The number of aromatic nitrogens is 2. The lowest BCUT2D eigenvalue weighted by atomic mass is 10.0. The summed E-state index contributed by atoms with van der Waals surface area (Å²) >= 11 is 0. The van der Waals surface area contributed by atoms with Crippen LogP contribution in [0.1, 0.15) is 32.0 Å². The predicted molar refractivity (Wildman–Crippen MR) is 85.5 cm³/mol. The van der Waals surface area contributed by atoms with Crippen LogP contribution in [0.4, 0.5) is 0 Å². The van der Waals surface area contributed by atoms with E-state index in [0.717, 1.165) is 28.4 Å². The van der Waals surface area contributed by atoms with Gasteiger partial charge in [0.2, 0.25) is 0 Å². The van der Waals surface area contributed by atoms with E-state index in [1.807, 2.05) is 18.2 Å². The molecule has 5 nitrogen and oxygen atoms in total. The third-order valence-corrected chi connectivity index (χ3v) is 3.53. The van der Waals surface area contributed by atoms with Crippen molar-refractivity contribution < 1.29 is 14.3 Å². The molecule has 0 spiro atoms. The van der Waals surface area contributed by atoms with E-state index in [9.17, 15) is 9.59 Å². The Morgan fingerprint density at radius 3 is 2.83 bits per heavy atom. The summed E-state index contributed by atoms with van der Waals surface area (Å²) in [5, 5.41) is 0.899. The van der Waals surface area contributed by atoms with Crippen LogP contribution < -0.4 is 0 Å². The van der Waals surface area contributed by atoms with Crippen molar-refractivity contribution in [2.45, 2.75) is 6.42 Å². The molecule has 0 saturated carbocycles. The molecule has 2 heterocycles. The van der Waals surface area contributed by atoms with Gasteiger partial charge in [-0.25, -0.2) is 4.79 Å². The Bertz CT molecular complexity index is 890. The van der Waals surface area contributed by atoms with Crippen molar-refractivity contribution in [1.29, 1.82) is 0 Å². The fraction of sp³-hybridized carbons (Fsp3) is 0.111. The summed E-state index contributed by atoms with van der Waals surface area (Å²) in [4.78, 5) is 31.0. The van der Waals surface area contributed by atoms with Crippen LogP contribution in [0.3, 0.4) is 0 Å². The number of pyridine rings is 2. The van der Waals surface area contributed by atoms with Gasteiger partial charge >= 0.3 is 5.97 Å². The van der Waals surface area contributed by atoms with Crippen molar-refractivity contribution in [3.8, 4) is 0 Å². The highest BCUT2D eigenvalue weighted by molar-refractivity contribution is 5.89. The minimum absolute atomic E-state index is 0.382. The van der Waals surface area contributed by atoms with Crippen molar-refractivity contribution in [1.82, 2.24) is 9.97 Å². The van der Waals surface area contributed by atoms with Gasteiger partial charge in [-0.2, -0.15) is 0 Å². The number of hydrogen-bond donors (Lipinski definition) is 0. The maximum absolute atomic E-state index is 11.6. The first-order valence-electron chi connectivity index (χ1n) is 7.07. The van der Waals surface area contributed by atoms with Gasteiger partial charge in [-0.3, -0.25) is 14.8 Å². The fourth-order valence-corrected chi connectivity index (χ4v) is 2.40. The van der Waals surface area contributed by atoms with Crippen molar-refractivity contribution in [2.75, 3.05) is 7.11 Å². The van der Waals surface area contributed by atoms with E-state index in [2.05, 4.69) is 9.97 Å². The molecule has 0 amide bonds. The maximum Gasteiger partial charge on any atom is 0.337 e. The average molecular weight is 306 g/mol. The quantitative estimate of drug-likeness (QED) is 0.547. The fourth-order valence-electron chi connectivity index (χ4n) is 2.40. The molecule has 0 N–H and O–H groups in total. The van der Waals surface area contributed by atoms with Crippen LogP contribution in [0.5, 0.6) is 0 Å². The largest absolute Gasteiger partial charge is 0.465 e. The second-order valence-electron chi connectivity index (χ2n) is 5.12. The van der Waals surface area contributed by atoms with E-state index < -0.39 is 0 Å². The molecular weight excluding hydrogens is 292 g/mol. The van der Waals surface area contributed by atoms with Gasteiger partial charge in [-0.1, -0.05) is 6.07 Å². The molecule has 2 aromatic heterocycles. The number of fused-ring (bicyclic) bond motifs is 1. The summed E-state index contributed by atoms with van der Waals surface area (Å²) < 4.78 is 4.72. The number of carbonyl (C=O) groups is 2. The molecule has 1 aromatic carbocycles. The van der Waals surface area contributed by atoms with Gasteiger partial charge in [0.25, 0.3) is 0 Å². The van der Waals surface area contributed by atoms with E-state index in [1.54, 1.807) is 30.6 Å². The van der Waals surface area contributed by atoms with Crippen LogP contribution in [0.2, 0.25) is 0 Å². The lowest BCUT2D eigenvalue weighted by Gasteiger charge is -2.05. The molecule has 3 aromatic rings. The molecule has 23 heavy (non-hydrogen) atoms. The number of rotatable bonds is 4. The first-order chi connectivity index (χ1) is 11.2. The predicted octanol–water partition coefficient (Wildman–Crippen LogP) is 2.82. The van der Waals surface area contributed by atoms with E-state index in [0.29, 0.717) is 17.5 Å². The number of ether oxygens (including phenoxy) is 1. The van der Waals surface area contributed by atoms with Crippen molar-refractivity contribution in [3.63, 3.8) is 0 Å². The number of methoxy groups -OCH3 is 1. The second kappa shape index (κ2) is 6.36. The Hall–Kier alpha value is -3.08. The zero-order valence-electron chi connectivity index (χ0n) is 12.5. The Morgan fingerprint density at radius 1 is 1.17 bits per heavy atom. The van der Waals surface area contributed by atoms with Gasteiger partial charge in [0.1, 0.15) is 0 Å². The van der Waals surface area contributed by atoms with Crippen LogP contribution in [-0.4, -0.2) is 29.3 Å². The molecule has 0 radical (unpaired) electrons. The topological polar surface area (TPSA) is 69.2 Å². The molecule has 0 aliphatic rings. The number of esters is 1. The number of nitrogens with zero attached hydrogens (tertiary/aromatic N) is 2. The van der Waals surface area contributed by atoms with Crippen LogP contribution in [0.15, 0.2) is 48.8 Å². The SMILES string of the molecule is COC(=O)c1ccnc(Cc2ccc3ncc(C=O)cc3c2)c1. The third-order valence-electron chi connectivity index (χ3n) is 3.53. The van der Waals surface area contributed by atoms with Crippen molar-refractivity contribution >= 4 is 23.2 Å². The molecule has 114 valence electrons. The molecule has 5 heteroatoms. The molecule has 3 rings (SSSR count). The Labute approximate surface area is 133 Å². The standard InChI is InChI=1S/C18H14N2O3/c1-23-18(22)14-4-5-19-16(9-14)8-12-2-3-17-15(6-12)7-13(11-21)10-20-17/h2-7,9-11H,8H2,1H3. The summed E-state index contributed by atoms with van der Waals surface area (Å²) in [7, 11) is 1.35. The minimum atomic E-state index is -0.382. The molecule has 0 fully saturated rings. The molecular formula is C18H14N2O3. The minimum Gasteiger partial charge on any atom is -0.465 e. The molecule has 0 saturated heterocycles.